The monoisotopic (exact) mass is 559 g/mol. The molecule has 1 heterocycles. The number of primary amides is 1. The first-order valence-corrected chi connectivity index (χ1v) is 12.7. The Morgan fingerprint density at radius 3 is 2.25 bits per heavy atom. The third kappa shape index (κ3) is 9.90. The summed E-state index contributed by atoms with van der Waals surface area (Å²) >= 11 is 0. The Labute approximate surface area is 230 Å². The number of carboxylic acid groups (broad SMARTS) is 1. The van der Waals surface area contributed by atoms with Crippen LogP contribution in [0.5, 0.6) is 0 Å². The second-order valence-corrected chi connectivity index (χ2v) is 9.31. The number of hydrogen-bond donors (Lipinski definition) is 9. The molecule has 4 atom stereocenters. The molecule has 2 aromatic rings. The summed E-state index contributed by atoms with van der Waals surface area (Å²) in [5.41, 5.74) is 23.3. The van der Waals surface area contributed by atoms with Gasteiger partial charge in [-0.3, -0.25) is 29.0 Å². The van der Waals surface area contributed by atoms with Crippen LogP contribution in [0.15, 0.2) is 35.5 Å². The van der Waals surface area contributed by atoms with Gasteiger partial charge in [0.1, 0.15) is 18.1 Å². The minimum absolute atomic E-state index is 0.0223. The van der Waals surface area contributed by atoms with Gasteiger partial charge in [-0.15, -0.1) is 0 Å². The summed E-state index contributed by atoms with van der Waals surface area (Å²) in [5, 5.41) is 17.6. The fourth-order valence-corrected chi connectivity index (χ4v) is 3.86. The molecule has 0 saturated heterocycles. The summed E-state index contributed by atoms with van der Waals surface area (Å²) in [5.74, 6) is -4.14. The van der Waals surface area contributed by atoms with Gasteiger partial charge in [-0.25, -0.2) is 0 Å². The first-order valence-electron chi connectivity index (χ1n) is 12.7. The molecule has 2 rings (SSSR count). The zero-order valence-electron chi connectivity index (χ0n) is 22.2. The van der Waals surface area contributed by atoms with E-state index in [0.717, 1.165) is 16.5 Å². The van der Waals surface area contributed by atoms with Gasteiger partial charge in [0.25, 0.3) is 0 Å². The van der Waals surface area contributed by atoms with Crippen LogP contribution >= 0.6 is 0 Å². The van der Waals surface area contributed by atoms with Crippen molar-refractivity contribution in [3.63, 3.8) is 0 Å². The summed E-state index contributed by atoms with van der Waals surface area (Å²) < 4.78 is 0. The summed E-state index contributed by atoms with van der Waals surface area (Å²) in [4.78, 5) is 68.5. The van der Waals surface area contributed by atoms with Crippen molar-refractivity contribution in [2.75, 3.05) is 6.54 Å². The maximum absolute atomic E-state index is 13.5. The van der Waals surface area contributed by atoms with E-state index >= 15 is 0 Å². The van der Waals surface area contributed by atoms with E-state index in [2.05, 4.69) is 25.9 Å². The maximum atomic E-state index is 13.5. The highest BCUT2D eigenvalue weighted by Gasteiger charge is 2.30. The third-order valence-electron chi connectivity index (χ3n) is 6.08. The predicted molar refractivity (Wildman–Crippen MR) is 147 cm³/mol. The van der Waals surface area contributed by atoms with E-state index in [1.54, 1.807) is 6.20 Å². The van der Waals surface area contributed by atoms with E-state index in [1.165, 1.54) is 6.92 Å². The topological polar surface area (TPSA) is 274 Å². The number of aromatic amines is 1. The van der Waals surface area contributed by atoms with E-state index in [9.17, 15) is 29.1 Å². The van der Waals surface area contributed by atoms with Gasteiger partial charge in [0.15, 0.2) is 5.96 Å². The molecule has 13 N–H and O–H groups in total. The molecule has 1 aromatic heterocycles. The van der Waals surface area contributed by atoms with Gasteiger partial charge >= 0.3 is 5.97 Å². The molecule has 0 saturated carbocycles. The fourth-order valence-electron chi connectivity index (χ4n) is 3.86. The van der Waals surface area contributed by atoms with Crippen molar-refractivity contribution in [3.05, 3.63) is 36.0 Å². The van der Waals surface area contributed by atoms with Crippen LogP contribution < -0.4 is 38.9 Å². The van der Waals surface area contributed by atoms with Gasteiger partial charge in [-0.2, -0.15) is 0 Å². The van der Waals surface area contributed by atoms with Crippen molar-refractivity contribution in [1.29, 1.82) is 0 Å². The average Bonchev–Trinajstić information content (AvgIpc) is 3.30. The normalized spacial score (nSPS) is 13.8. The van der Waals surface area contributed by atoms with Crippen molar-refractivity contribution in [2.45, 2.75) is 63.2 Å². The Morgan fingerprint density at radius 1 is 0.950 bits per heavy atom. The minimum atomic E-state index is -1.26. The number of nitrogens with two attached hydrogens (primary N) is 4. The first kappa shape index (κ1) is 31.6. The lowest BCUT2D eigenvalue weighted by molar-refractivity contribution is -0.141. The third-order valence-corrected chi connectivity index (χ3v) is 6.08. The van der Waals surface area contributed by atoms with Crippen molar-refractivity contribution in [2.24, 2.45) is 27.9 Å². The number of H-pyrrole nitrogens is 1. The molecule has 0 radical (unpaired) electrons. The number of aromatic nitrogens is 1. The number of carboxylic acids is 1. The Balaban J connectivity index is 2.28. The maximum Gasteiger partial charge on any atom is 0.325 e. The molecular formula is C25H37N9O6. The Bertz CT molecular complexity index is 1240. The van der Waals surface area contributed by atoms with Crippen molar-refractivity contribution in [3.8, 4) is 0 Å². The second kappa shape index (κ2) is 15.1. The SMILES string of the molecule is CC(NC(=O)C(CCCN=C(N)N)NC(=O)C(Cc1c[nH]c2ccccc12)NC(=O)C(N)CCC(N)=O)C(=O)O. The standard InChI is InChI=1S/C25H37N9O6/c1-13(24(39)40)32-22(37)18(7-4-10-30-25(28)29)33-23(38)19(34-21(36)16(26)8-9-20(27)35)11-14-12-31-17-6-3-2-5-15(14)17/h2-3,5-6,12-13,16,18-19,31H,4,7-11,26H2,1H3,(H2,27,35)(H,32,37)(H,33,38)(H,34,36)(H,39,40)(H4,28,29,30). The fraction of sp³-hybridized carbons (Fsp3) is 0.440. The van der Waals surface area contributed by atoms with Gasteiger partial charge in [-0.05, 0) is 37.8 Å². The molecule has 40 heavy (non-hydrogen) atoms. The van der Waals surface area contributed by atoms with E-state index in [4.69, 9.17) is 22.9 Å². The molecule has 4 unspecified atom stereocenters. The molecule has 0 spiro atoms. The number of nitrogens with one attached hydrogen (secondary N) is 4. The first-order chi connectivity index (χ1) is 18.9. The van der Waals surface area contributed by atoms with Crippen molar-refractivity contribution >= 4 is 46.5 Å². The van der Waals surface area contributed by atoms with E-state index in [0.29, 0.717) is 0 Å². The number of benzene rings is 1. The van der Waals surface area contributed by atoms with E-state index in [1.807, 2.05) is 24.3 Å². The van der Waals surface area contributed by atoms with Crippen LogP contribution in [0.25, 0.3) is 10.9 Å². The molecule has 15 heteroatoms. The molecule has 1 aromatic carbocycles. The molecule has 0 fully saturated rings. The average molecular weight is 560 g/mol. The van der Waals surface area contributed by atoms with E-state index < -0.39 is 53.8 Å². The van der Waals surface area contributed by atoms with Gasteiger partial charge in [0, 0.05) is 36.5 Å². The zero-order chi connectivity index (χ0) is 29.8. The number of rotatable bonds is 16. The van der Waals surface area contributed by atoms with Gasteiger partial charge < -0.3 is 49.0 Å². The number of amides is 4. The molecule has 4 amide bonds. The zero-order valence-corrected chi connectivity index (χ0v) is 22.2. The van der Waals surface area contributed by atoms with Crippen LogP contribution in [0.3, 0.4) is 0 Å². The van der Waals surface area contributed by atoms with Gasteiger partial charge in [0.2, 0.25) is 23.6 Å². The number of aliphatic carboxylic acids is 1. The van der Waals surface area contributed by atoms with Crippen LogP contribution in [0, 0.1) is 0 Å². The lowest BCUT2D eigenvalue weighted by Crippen LogP contribution is -2.57. The molecule has 0 bridgehead atoms. The smallest absolute Gasteiger partial charge is 0.325 e. The van der Waals surface area contributed by atoms with Gasteiger partial charge in [-0.1, -0.05) is 18.2 Å². The van der Waals surface area contributed by atoms with E-state index in [-0.39, 0.29) is 44.6 Å². The van der Waals surface area contributed by atoms with Crippen molar-refractivity contribution < 1.29 is 29.1 Å². The lowest BCUT2D eigenvalue weighted by atomic mass is 10.0. The molecule has 0 aliphatic rings. The lowest BCUT2D eigenvalue weighted by Gasteiger charge is -2.24. The van der Waals surface area contributed by atoms with Gasteiger partial charge in [0.05, 0.1) is 6.04 Å². The molecule has 218 valence electrons. The predicted octanol–water partition coefficient (Wildman–Crippen LogP) is -2.08. The summed E-state index contributed by atoms with van der Waals surface area (Å²) in [6.45, 7) is 1.45. The molecule has 15 nitrogen and oxygen atoms in total. The number of carbonyl (C=O) groups is 5. The molecular weight excluding hydrogens is 522 g/mol. The quantitative estimate of drug-likeness (QED) is 0.0619. The largest absolute Gasteiger partial charge is 0.480 e. The highest BCUT2D eigenvalue weighted by molar-refractivity contribution is 5.95. The van der Waals surface area contributed by atoms with Crippen LogP contribution in [0.4, 0.5) is 0 Å². The Hall–Kier alpha value is -4.66. The Morgan fingerprint density at radius 2 is 1.60 bits per heavy atom. The number of para-hydroxylation sites is 1. The number of fused-ring (bicyclic) bond motifs is 1. The van der Waals surface area contributed by atoms with Crippen LogP contribution in [-0.2, 0) is 30.4 Å². The summed E-state index contributed by atoms with van der Waals surface area (Å²) in [6, 6.07) is 2.72. The number of carbonyl (C=O) groups excluding carboxylic acids is 4. The second-order valence-electron chi connectivity index (χ2n) is 9.31. The molecule has 0 aliphatic carbocycles. The van der Waals surface area contributed by atoms with Crippen LogP contribution in [0.2, 0.25) is 0 Å². The number of aliphatic imine (C=N–C) groups is 1. The number of guanidine groups is 1. The van der Waals surface area contributed by atoms with Crippen LogP contribution in [-0.4, -0.2) is 76.4 Å². The number of hydrogen-bond acceptors (Lipinski definition) is 7. The highest BCUT2D eigenvalue weighted by Crippen LogP contribution is 2.19. The summed E-state index contributed by atoms with van der Waals surface area (Å²) in [7, 11) is 0. The highest BCUT2D eigenvalue weighted by atomic mass is 16.4. The molecule has 0 aliphatic heterocycles. The van der Waals surface area contributed by atoms with Crippen LogP contribution in [0.1, 0.15) is 38.2 Å². The Kier molecular flexibility index (Phi) is 11.9. The van der Waals surface area contributed by atoms with Crippen molar-refractivity contribution in [1.82, 2.24) is 20.9 Å². The summed E-state index contributed by atoms with van der Waals surface area (Å²) in [6.07, 6.45) is 1.97. The number of nitrogens with zero attached hydrogens (tertiary/aromatic N) is 1. The minimum Gasteiger partial charge on any atom is -0.480 e.